The third-order valence-corrected chi connectivity index (χ3v) is 3.47. The van der Waals surface area contributed by atoms with Gasteiger partial charge in [-0.1, -0.05) is 0 Å². The minimum absolute atomic E-state index is 0.450. The van der Waals surface area contributed by atoms with Crippen LogP contribution in [0, 0.1) is 0 Å². The van der Waals surface area contributed by atoms with Gasteiger partial charge in [0.05, 0.1) is 5.56 Å². The summed E-state index contributed by atoms with van der Waals surface area (Å²) in [6.45, 7) is 4.37. The summed E-state index contributed by atoms with van der Waals surface area (Å²) in [6, 6.07) is 5.20. The van der Waals surface area contributed by atoms with Gasteiger partial charge in [-0.25, -0.2) is 0 Å². The molecule has 104 valence electrons. The fourth-order valence-corrected chi connectivity index (χ4v) is 2.45. The van der Waals surface area contributed by atoms with Gasteiger partial charge in [0, 0.05) is 17.9 Å². The van der Waals surface area contributed by atoms with E-state index in [1.54, 1.807) is 12.1 Å². The van der Waals surface area contributed by atoms with Crippen LogP contribution in [0.4, 0.5) is 11.4 Å². The molecular weight excluding hydrogens is 240 g/mol. The Morgan fingerprint density at radius 3 is 2.74 bits per heavy atom. The van der Waals surface area contributed by atoms with Crippen LogP contribution in [0.25, 0.3) is 0 Å². The second-order valence-electron chi connectivity index (χ2n) is 5.00. The molecule has 0 unspecified atom stereocenters. The molecule has 1 aliphatic rings. The number of rotatable bonds is 6. The number of nitrogens with two attached hydrogens (primary N) is 2. The Balaban J connectivity index is 1.83. The number of carbonyl (C=O) groups is 1. The Bertz CT molecular complexity index is 441. The Morgan fingerprint density at radius 1 is 1.32 bits per heavy atom. The summed E-state index contributed by atoms with van der Waals surface area (Å²) >= 11 is 0. The van der Waals surface area contributed by atoms with Gasteiger partial charge in [0.1, 0.15) is 0 Å². The Hall–Kier alpha value is -1.75. The van der Waals surface area contributed by atoms with E-state index in [4.69, 9.17) is 11.5 Å². The van der Waals surface area contributed by atoms with Crippen LogP contribution in [0.3, 0.4) is 0 Å². The van der Waals surface area contributed by atoms with Crippen molar-refractivity contribution in [1.82, 2.24) is 4.90 Å². The molecule has 5 N–H and O–H groups in total. The molecule has 19 heavy (non-hydrogen) atoms. The van der Waals surface area contributed by atoms with Crippen LogP contribution < -0.4 is 16.8 Å². The summed E-state index contributed by atoms with van der Waals surface area (Å²) in [5.74, 6) is -0.450. The lowest BCUT2D eigenvalue weighted by Gasteiger charge is -2.15. The third kappa shape index (κ3) is 3.86. The molecule has 1 aromatic carbocycles. The zero-order valence-corrected chi connectivity index (χ0v) is 11.2. The zero-order chi connectivity index (χ0) is 13.7. The molecule has 0 bridgehead atoms. The van der Waals surface area contributed by atoms with Crippen LogP contribution in [-0.2, 0) is 0 Å². The smallest absolute Gasteiger partial charge is 0.250 e. The van der Waals surface area contributed by atoms with Crippen LogP contribution in [0.5, 0.6) is 0 Å². The number of anilines is 2. The molecule has 1 amide bonds. The number of amides is 1. The number of hydrogen-bond acceptors (Lipinski definition) is 4. The molecule has 1 saturated heterocycles. The molecule has 1 aliphatic heterocycles. The average Bonchev–Trinajstić information content (AvgIpc) is 2.89. The third-order valence-electron chi connectivity index (χ3n) is 3.47. The number of primary amides is 1. The predicted molar refractivity (Wildman–Crippen MR) is 78.2 cm³/mol. The molecule has 2 rings (SSSR count). The monoisotopic (exact) mass is 262 g/mol. The largest absolute Gasteiger partial charge is 0.399 e. The number of nitrogens with zero attached hydrogens (tertiary/aromatic N) is 1. The van der Waals surface area contributed by atoms with Crippen molar-refractivity contribution in [2.75, 3.05) is 37.2 Å². The van der Waals surface area contributed by atoms with Crippen LogP contribution in [-0.4, -0.2) is 37.0 Å². The highest BCUT2D eigenvalue weighted by molar-refractivity contribution is 5.99. The van der Waals surface area contributed by atoms with E-state index in [2.05, 4.69) is 10.2 Å². The lowest BCUT2D eigenvalue weighted by atomic mass is 10.1. The highest BCUT2D eigenvalue weighted by Gasteiger charge is 2.11. The molecule has 5 heteroatoms. The van der Waals surface area contributed by atoms with E-state index in [1.165, 1.54) is 25.9 Å². The Kier molecular flexibility index (Phi) is 4.63. The minimum Gasteiger partial charge on any atom is -0.399 e. The highest BCUT2D eigenvalue weighted by atomic mass is 16.1. The van der Waals surface area contributed by atoms with E-state index in [0.29, 0.717) is 11.3 Å². The predicted octanol–water partition coefficient (Wildman–Crippen LogP) is 1.27. The first-order valence-electron chi connectivity index (χ1n) is 6.82. The fraction of sp³-hybridized carbons (Fsp3) is 0.500. The van der Waals surface area contributed by atoms with E-state index in [0.717, 1.165) is 25.2 Å². The van der Waals surface area contributed by atoms with Crippen molar-refractivity contribution in [2.45, 2.75) is 19.3 Å². The van der Waals surface area contributed by atoms with Crippen molar-refractivity contribution < 1.29 is 4.79 Å². The Morgan fingerprint density at radius 2 is 2.05 bits per heavy atom. The Labute approximate surface area is 113 Å². The second-order valence-corrected chi connectivity index (χ2v) is 5.00. The van der Waals surface area contributed by atoms with Crippen LogP contribution in [0.15, 0.2) is 18.2 Å². The quantitative estimate of drug-likeness (QED) is 0.532. The zero-order valence-electron chi connectivity index (χ0n) is 11.2. The number of benzene rings is 1. The summed E-state index contributed by atoms with van der Waals surface area (Å²) in [7, 11) is 0. The van der Waals surface area contributed by atoms with E-state index in [-0.39, 0.29) is 0 Å². The minimum atomic E-state index is -0.450. The summed E-state index contributed by atoms with van der Waals surface area (Å²) in [5, 5.41) is 3.26. The van der Waals surface area contributed by atoms with E-state index in [9.17, 15) is 4.79 Å². The number of nitrogen functional groups attached to an aromatic ring is 1. The molecule has 0 radical (unpaired) electrons. The number of carbonyl (C=O) groups excluding carboxylic acids is 1. The standard InChI is InChI=1S/C14H22N4O/c15-11-4-5-13(12(10-11)14(16)19)17-6-3-9-18-7-1-2-8-18/h4-5,10,17H,1-3,6-9,15H2,(H2,16,19). The summed E-state index contributed by atoms with van der Waals surface area (Å²) in [4.78, 5) is 13.8. The van der Waals surface area contributed by atoms with E-state index in [1.807, 2.05) is 6.07 Å². The van der Waals surface area contributed by atoms with Gasteiger partial charge in [0.15, 0.2) is 0 Å². The first kappa shape index (κ1) is 13.7. The van der Waals surface area contributed by atoms with Crippen LogP contribution in [0.1, 0.15) is 29.6 Å². The van der Waals surface area contributed by atoms with Crippen molar-refractivity contribution >= 4 is 17.3 Å². The van der Waals surface area contributed by atoms with Gasteiger partial charge in [0.25, 0.3) is 5.91 Å². The first-order valence-corrected chi connectivity index (χ1v) is 6.82. The van der Waals surface area contributed by atoms with Gasteiger partial charge in [-0.2, -0.15) is 0 Å². The fourth-order valence-electron chi connectivity index (χ4n) is 2.45. The topological polar surface area (TPSA) is 84.4 Å². The maximum Gasteiger partial charge on any atom is 0.250 e. The van der Waals surface area contributed by atoms with Gasteiger partial charge in [0.2, 0.25) is 0 Å². The average molecular weight is 262 g/mol. The van der Waals surface area contributed by atoms with Crippen molar-refractivity contribution in [3.05, 3.63) is 23.8 Å². The molecule has 0 aliphatic carbocycles. The first-order chi connectivity index (χ1) is 9.16. The SMILES string of the molecule is NC(=O)c1cc(N)ccc1NCCCN1CCCC1. The highest BCUT2D eigenvalue weighted by Crippen LogP contribution is 2.18. The molecule has 0 atom stereocenters. The lowest BCUT2D eigenvalue weighted by Crippen LogP contribution is -2.22. The summed E-state index contributed by atoms with van der Waals surface area (Å²) < 4.78 is 0. The van der Waals surface area contributed by atoms with Gasteiger partial charge in [-0.3, -0.25) is 4.79 Å². The number of nitrogens with one attached hydrogen (secondary N) is 1. The van der Waals surface area contributed by atoms with E-state index >= 15 is 0 Å². The van der Waals surface area contributed by atoms with Crippen LogP contribution in [0.2, 0.25) is 0 Å². The number of likely N-dealkylation sites (tertiary alicyclic amines) is 1. The van der Waals surface area contributed by atoms with Crippen molar-refractivity contribution in [1.29, 1.82) is 0 Å². The second kappa shape index (κ2) is 6.43. The van der Waals surface area contributed by atoms with Gasteiger partial charge >= 0.3 is 0 Å². The maximum absolute atomic E-state index is 11.3. The number of hydrogen-bond donors (Lipinski definition) is 3. The van der Waals surface area contributed by atoms with Crippen LogP contribution >= 0.6 is 0 Å². The van der Waals surface area contributed by atoms with Crippen molar-refractivity contribution in [3.8, 4) is 0 Å². The maximum atomic E-state index is 11.3. The van der Waals surface area contributed by atoms with Crippen molar-refractivity contribution in [3.63, 3.8) is 0 Å². The molecule has 1 fully saturated rings. The van der Waals surface area contributed by atoms with Gasteiger partial charge < -0.3 is 21.7 Å². The van der Waals surface area contributed by atoms with E-state index < -0.39 is 5.91 Å². The summed E-state index contributed by atoms with van der Waals surface area (Å²) in [5.41, 5.74) is 12.8. The molecule has 1 aromatic rings. The molecule has 5 nitrogen and oxygen atoms in total. The van der Waals surface area contributed by atoms with Gasteiger partial charge in [-0.15, -0.1) is 0 Å². The molecule has 0 spiro atoms. The summed E-state index contributed by atoms with van der Waals surface area (Å²) in [6.07, 6.45) is 3.69. The lowest BCUT2D eigenvalue weighted by molar-refractivity contribution is 0.100. The molecule has 0 aromatic heterocycles. The molecule has 0 saturated carbocycles. The molecule has 1 heterocycles. The molecular formula is C14H22N4O. The van der Waals surface area contributed by atoms with Gasteiger partial charge in [-0.05, 0) is 57.1 Å². The normalized spacial score (nSPS) is 15.6. The van der Waals surface area contributed by atoms with Crippen molar-refractivity contribution in [2.24, 2.45) is 5.73 Å².